The van der Waals surface area contributed by atoms with E-state index in [-0.39, 0.29) is 29.4 Å². The topological polar surface area (TPSA) is 95.2 Å². The zero-order chi connectivity index (χ0) is 23.8. The van der Waals surface area contributed by atoms with Gasteiger partial charge in [-0.1, -0.05) is 0 Å². The average Bonchev–Trinajstić information content (AvgIpc) is 2.75. The molecule has 2 aliphatic rings. The smallest absolute Gasteiger partial charge is 0.407 e. The number of ether oxygens (including phenoxy) is 1. The lowest BCUT2D eigenvalue weighted by molar-refractivity contribution is 0.0487. The number of nitrogens with zero attached hydrogens (tertiary/aromatic N) is 3. The number of amides is 1. The highest BCUT2D eigenvalue weighted by Gasteiger charge is 2.30. The van der Waals surface area contributed by atoms with E-state index in [0.29, 0.717) is 36.7 Å². The van der Waals surface area contributed by atoms with Crippen molar-refractivity contribution >= 4 is 28.9 Å². The van der Waals surface area contributed by atoms with Crippen LogP contribution < -0.4 is 16.6 Å². The summed E-state index contributed by atoms with van der Waals surface area (Å²) in [6, 6.07) is 1.71. The third-order valence-electron chi connectivity index (χ3n) is 6.43. The van der Waals surface area contributed by atoms with Crippen LogP contribution in [0.2, 0.25) is 0 Å². The number of aromatic nitrogens is 3. The number of nitrogens with one attached hydrogen (secondary N) is 1. The van der Waals surface area contributed by atoms with E-state index < -0.39 is 11.7 Å². The fourth-order valence-corrected chi connectivity index (χ4v) is 5.96. The summed E-state index contributed by atoms with van der Waals surface area (Å²) in [6.07, 6.45) is 5.81. The highest BCUT2D eigenvalue weighted by Crippen LogP contribution is 2.30. The molecule has 9 heteroatoms. The van der Waals surface area contributed by atoms with Crippen LogP contribution in [0.25, 0.3) is 11.0 Å². The standard InChI is InChI=1S/C24H34N4O4S/c1-15-13-19-20(25-14-15)27(18-9-11-33-12-10-18)23(31)28(21(19)29)17-7-5-16(6-8-17)26-22(30)32-24(2,3)4/h13-14,16-18H,5-12H2,1-4H3,(H,26,30). The van der Waals surface area contributed by atoms with Crippen LogP contribution >= 0.6 is 11.8 Å². The maximum Gasteiger partial charge on any atom is 0.407 e. The minimum absolute atomic E-state index is 0.0197. The molecule has 1 aliphatic carbocycles. The number of hydrogen-bond donors (Lipinski definition) is 1. The van der Waals surface area contributed by atoms with E-state index in [4.69, 9.17) is 4.74 Å². The van der Waals surface area contributed by atoms with Crippen LogP contribution in [0.3, 0.4) is 0 Å². The molecule has 0 spiro atoms. The van der Waals surface area contributed by atoms with E-state index in [1.807, 2.05) is 45.5 Å². The third kappa shape index (κ3) is 5.28. The van der Waals surface area contributed by atoms with Gasteiger partial charge in [0.05, 0.1) is 5.39 Å². The Morgan fingerprint density at radius 2 is 1.70 bits per heavy atom. The molecule has 8 nitrogen and oxygen atoms in total. The van der Waals surface area contributed by atoms with Gasteiger partial charge >= 0.3 is 11.8 Å². The normalized spacial score (nSPS) is 22.3. The van der Waals surface area contributed by atoms with Crippen LogP contribution in [-0.2, 0) is 4.74 Å². The molecule has 0 bridgehead atoms. The van der Waals surface area contributed by atoms with E-state index in [9.17, 15) is 14.4 Å². The lowest BCUT2D eigenvalue weighted by atomic mass is 9.91. The van der Waals surface area contributed by atoms with Crippen LogP contribution in [0.15, 0.2) is 21.9 Å². The van der Waals surface area contributed by atoms with Gasteiger partial charge in [0.2, 0.25) is 0 Å². The molecule has 2 aromatic heterocycles. The van der Waals surface area contributed by atoms with E-state index in [1.54, 1.807) is 10.8 Å². The summed E-state index contributed by atoms with van der Waals surface area (Å²) in [4.78, 5) is 43.8. The molecule has 1 aliphatic heterocycles. The highest BCUT2D eigenvalue weighted by atomic mass is 32.2. The Morgan fingerprint density at radius 1 is 1.06 bits per heavy atom. The van der Waals surface area contributed by atoms with Gasteiger partial charge in [0, 0.05) is 24.3 Å². The van der Waals surface area contributed by atoms with Crippen molar-refractivity contribution in [3.8, 4) is 0 Å². The van der Waals surface area contributed by atoms with Crippen molar-refractivity contribution in [3.63, 3.8) is 0 Å². The Morgan fingerprint density at radius 3 is 2.33 bits per heavy atom. The van der Waals surface area contributed by atoms with E-state index >= 15 is 0 Å². The predicted molar refractivity (Wildman–Crippen MR) is 131 cm³/mol. The second-order valence-corrected chi connectivity index (χ2v) is 11.4. The Bertz CT molecular complexity index is 1140. The number of thioether (sulfide) groups is 1. The van der Waals surface area contributed by atoms with Crippen molar-refractivity contribution in [2.45, 2.75) is 89.9 Å². The van der Waals surface area contributed by atoms with Gasteiger partial charge in [-0.15, -0.1) is 0 Å². The number of alkyl carbamates (subject to hydrolysis) is 1. The molecule has 0 unspecified atom stereocenters. The van der Waals surface area contributed by atoms with E-state index in [0.717, 1.165) is 29.9 Å². The fraction of sp³-hybridized carbons (Fsp3) is 0.667. The number of rotatable bonds is 3. The van der Waals surface area contributed by atoms with Gasteiger partial charge < -0.3 is 10.1 Å². The summed E-state index contributed by atoms with van der Waals surface area (Å²) >= 11 is 1.90. The second kappa shape index (κ2) is 9.52. The first-order chi connectivity index (χ1) is 15.6. The van der Waals surface area contributed by atoms with E-state index in [2.05, 4.69) is 10.3 Å². The highest BCUT2D eigenvalue weighted by molar-refractivity contribution is 7.99. The maximum atomic E-state index is 13.7. The molecule has 1 amide bonds. The fourth-order valence-electron chi connectivity index (χ4n) is 4.88. The summed E-state index contributed by atoms with van der Waals surface area (Å²) < 4.78 is 8.61. The minimum atomic E-state index is -0.547. The molecule has 0 aromatic carbocycles. The maximum absolute atomic E-state index is 13.7. The second-order valence-electron chi connectivity index (χ2n) is 10.2. The summed E-state index contributed by atoms with van der Waals surface area (Å²) in [5, 5.41) is 3.45. The van der Waals surface area contributed by atoms with Crippen molar-refractivity contribution in [3.05, 3.63) is 38.7 Å². The van der Waals surface area contributed by atoms with Crippen molar-refractivity contribution in [2.24, 2.45) is 0 Å². The molecule has 1 saturated heterocycles. The van der Waals surface area contributed by atoms with Crippen LogP contribution in [0.5, 0.6) is 0 Å². The van der Waals surface area contributed by atoms with Crippen molar-refractivity contribution in [1.29, 1.82) is 0 Å². The number of carbonyl (C=O) groups excluding carboxylic acids is 1. The van der Waals surface area contributed by atoms with Gasteiger partial charge in [0.1, 0.15) is 11.2 Å². The molecule has 3 heterocycles. The Labute approximate surface area is 198 Å². The molecule has 4 rings (SSSR count). The lowest BCUT2D eigenvalue weighted by Crippen LogP contribution is -2.47. The van der Waals surface area contributed by atoms with Crippen LogP contribution in [-0.4, -0.2) is 43.4 Å². The monoisotopic (exact) mass is 474 g/mol. The zero-order valence-electron chi connectivity index (χ0n) is 19.9. The van der Waals surface area contributed by atoms with Crippen LogP contribution in [0.4, 0.5) is 4.79 Å². The number of carbonyl (C=O) groups is 1. The molecule has 1 saturated carbocycles. The van der Waals surface area contributed by atoms with Crippen molar-refractivity contribution in [2.75, 3.05) is 11.5 Å². The van der Waals surface area contributed by atoms with Crippen molar-refractivity contribution < 1.29 is 9.53 Å². The van der Waals surface area contributed by atoms with Crippen LogP contribution in [0.1, 0.15) is 76.9 Å². The lowest BCUT2D eigenvalue weighted by Gasteiger charge is -2.32. The first-order valence-corrected chi connectivity index (χ1v) is 13.0. The Kier molecular flexibility index (Phi) is 6.88. The molecule has 180 valence electrons. The zero-order valence-corrected chi connectivity index (χ0v) is 20.7. The molecule has 0 radical (unpaired) electrons. The van der Waals surface area contributed by atoms with Gasteiger partial charge in [-0.25, -0.2) is 14.6 Å². The van der Waals surface area contributed by atoms with E-state index in [1.165, 1.54) is 4.57 Å². The number of pyridine rings is 1. The number of hydrogen-bond acceptors (Lipinski definition) is 6. The average molecular weight is 475 g/mol. The number of aryl methyl sites for hydroxylation is 1. The molecule has 1 N–H and O–H groups in total. The molecule has 0 atom stereocenters. The third-order valence-corrected chi connectivity index (χ3v) is 7.48. The first kappa shape index (κ1) is 23.9. The Hall–Kier alpha value is -2.29. The summed E-state index contributed by atoms with van der Waals surface area (Å²) in [6.45, 7) is 7.42. The van der Waals surface area contributed by atoms with Crippen molar-refractivity contribution in [1.82, 2.24) is 19.4 Å². The molecular formula is C24H34N4O4S. The Balaban J connectivity index is 1.63. The largest absolute Gasteiger partial charge is 0.444 e. The summed E-state index contributed by atoms with van der Waals surface area (Å²) in [5.41, 5.74) is 0.361. The number of fused-ring (bicyclic) bond motifs is 1. The quantitative estimate of drug-likeness (QED) is 0.724. The SMILES string of the molecule is Cc1cnc2c(c1)c(=O)n(C1CCC(NC(=O)OC(C)(C)C)CC1)c(=O)n2C1CCSCC1. The minimum Gasteiger partial charge on any atom is -0.444 e. The summed E-state index contributed by atoms with van der Waals surface area (Å²) in [5.74, 6) is 2.01. The van der Waals surface area contributed by atoms with Gasteiger partial charge in [-0.05, 0) is 89.4 Å². The predicted octanol–water partition coefficient (Wildman–Crippen LogP) is 3.94. The van der Waals surface area contributed by atoms with Gasteiger partial charge in [-0.2, -0.15) is 11.8 Å². The van der Waals surface area contributed by atoms with Gasteiger partial charge in [0.25, 0.3) is 5.56 Å². The van der Waals surface area contributed by atoms with Gasteiger partial charge in [0.15, 0.2) is 0 Å². The molecule has 2 aromatic rings. The van der Waals surface area contributed by atoms with Gasteiger partial charge in [-0.3, -0.25) is 13.9 Å². The van der Waals surface area contributed by atoms with Crippen LogP contribution in [0, 0.1) is 6.92 Å². The molecule has 33 heavy (non-hydrogen) atoms. The first-order valence-electron chi connectivity index (χ1n) is 11.8. The molecule has 2 fully saturated rings. The summed E-state index contributed by atoms with van der Waals surface area (Å²) in [7, 11) is 0. The molecular weight excluding hydrogens is 440 g/mol.